The molecule has 0 spiro atoms. The Balaban J connectivity index is 0.00000115. The molecule has 3 aromatic rings. The van der Waals surface area contributed by atoms with Crippen LogP contribution in [-0.2, 0) is 4.79 Å². The molecular weight excluding hydrogens is 643 g/mol. The van der Waals surface area contributed by atoms with E-state index in [1.165, 1.54) is 12.1 Å². The number of hydrogen-bond donors (Lipinski definition) is 3. The summed E-state index contributed by atoms with van der Waals surface area (Å²) in [5.74, 6) is 1.16. The second kappa shape index (κ2) is 17.0. The van der Waals surface area contributed by atoms with Crippen LogP contribution < -0.4 is 25.4 Å². The number of halogens is 1. The fourth-order valence-electron chi connectivity index (χ4n) is 6.39. The van der Waals surface area contributed by atoms with Crippen LogP contribution in [0.2, 0.25) is 0 Å². The molecule has 3 aliphatic rings. The summed E-state index contributed by atoms with van der Waals surface area (Å²) in [6.07, 6.45) is 9.06. The molecule has 0 unspecified atom stereocenters. The summed E-state index contributed by atoms with van der Waals surface area (Å²) in [5.41, 5.74) is 5.97. The van der Waals surface area contributed by atoms with Gasteiger partial charge in [0, 0.05) is 69.2 Å². The second-order valence-electron chi connectivity index (χ2n) is 13.3. The first-order valence-corrected chi connectivity index (χ1v) is 17.4. The van der Waals surface area contributed by atoms with Crippen molar-refractivity contribution in [3.8, 4) is 0 Å². The monoisotopic (exact) mass is 690 g/mol. The van der Waals surface area contributed by atoms with Crippen molar-refractivity contribution in [1.29, 1.82) is 0 Å². The van der Waals surface area contributed by atoms with Gasteiger partial charge in [-0.25, -0.2) is 9.82 Å². The largest absolute Gasteiger partial charge is 0.481 e. The number of hydrazone groups is 1. The van der Waals surface area contributed by atoms with Crippen molar-refractivity contribution in [2.75, 3.05) is 64.7 Å². The lowest BCUT2D eigenvalue weighted by molar-refractivity contribution is -0.384. The van der Waals surface area contributed by atoms with Gasteiger partial charge in [-0.3, -0.25) is 14.9 Å². The average Bonchev–Trinajstić information content (AvgIpc) is 3.10. The first-order chi connectivity index (χ1) is 24.0. The number of carboxylic acids is 1. The lowest BCUT2D eigenvalue weighted by atomic mass is 9.96. The van der Waals surface area contributed by atoms with Gasteiger partial charge in [0.15, 0.2) is 0 Å². The van der Waals surface area contributed by atoms with Crippen LogP contribution in [0.5, 0.6) is 0 Å². The standard InChI is InChI=1S/C33H43FN10O2.C2H4O2/c1-23-10-16-41(17-11-23)28-21-29(42-18-12-24(2)13-19-42)30(44(45)46)20-25(28)22-35-40-32-37-31(36-27-8-6-26(34)7-9-27)38-33(39-32)43-14-4-3-5-15-43;1-2(3)4/h6-9,20-24H,3-5,10-19H2,1-2H3,(H2,36,37,38,39,40);1H3,(H,3,4). The lowest BCUT2D eigenvalue weighted by Gasteiger charge is -2.35. The molecule has 2 aromatic carbocycles. The SMILES string of the molecule is CC(=O)O.CC1CCN(c2cc(N3CCC(C)CC3)c([N+](=O)[O-])cc2C=NNc2nc(Nc3ccc(F)cc3)nc(N3CCCCC3)n2)CC1. The zero-order valence-corrected chi connectivity index (χ0v) is 29.0. The number of aromatic nitrogens is 3. The maximum atomic E-state index is 13.5. The Hall–Kier alpha value is -5.08. The first-order valence-electron chi connectivity index (χ1n) is 17.4. The Morgan fingerprint density at radius 1 is 0.880 bits per heavy atom. The van der Waals surface area contributed by atoms with Gasteiger partial charge in [-0.1, -0.05) is 13.8 Å². The van der Waals surface area contributed by atoms with Crippen molar-refractivity contribution in [2.24, 2.45) is 16.9 Å². The molecule has 14 nitrogen and oxygen atoms in total. The molecule has 6 rings (SSSR count). The third-order valence-corrected chi connectivity index (χ3v) is 9.30. The zero-order chi connectivity index (χ0) is 35.6. The number of rotatable bonds is 9. The predicted molar refractivity (Wildman–Crippen MR) is 194 cm³/mol. The van der Waals surface area contributed by atoms with Crippen LogP contribution >= 0.6 is 0 Å². The minimum atomic E-state index is -0.833. The van der Waals surface area contributed by atoms with Gasteiger partial charge in [0.05, 0.1) is 11.1 Å². The number of hydrogen-bond acceptors (Lipinski definition) is 12. The van der Waals surface area contributed by atoms with Gasteiger partial charge in [0.1, 0.15) is 11.5 Å². The number of benzene rings is 2. The van der Waals surface area contributed by atoms with E-state index in [9.17, 15) is 14.5 Å². The Bertz CT molecular complexity index is 1630. The van der Waals surface area contributed by atoms with Gasteiger partial charge in [-0.05, 0) is 87.1 Å². The molecule has 0 aliphatic carbocycles. The lowest BCUT2D eigenvalue weighted by Crippen LogP contribution is -2.35. The summed E-state index contributed by atoms with van der Waals surface area (Å²) >= 11 is 0. The highest BCUT2D eigenvalue weighted by Crippen LogP contribution is 2.38. The van der Waals surface area contributed by atoms with Crippen molar-refractivity contribution >= 4 is 52.8 Å². The van der Waals surface area contributed by atoms with Crippen LogP contribution in [0.15, 0.2) is 41.5 Å². The number of nitro groups is 1. The number of aliphatic carboxylic acids is 1. The van der Waals surface area contributed by atoms with Gasteiger partial charge in [0.2, 0.25) is 17.8 Å². The van der Waals surface area contributed by atoms with Crippen molar-refractivity contribution in [1.82, 2.24) is 15.0 Å². The fourth-order valence-corrected chi connectivity index (χ4v) is 6.39. The fraction of sp³-hybridized carbons (Fsp3) is 0.514. The van der Waals surface area contributed by atoms with Gasteiger partial charge in [-0.15, -0.1) is 0 Å². The smallest absolute Gasteiger partial charge is 0.300 e. The van der Waals surface area contributed by atoms with Crippen molar-refractivity contribution in [3.63, 3.8) is 0 Å². The van der Waals surface area contributed by atoms with Gasteiger partial charge >= 0.3 is 0 Å². The zero-order valence-electron chi connectivity index (χ0n) is 29.0. The summed E-state index contributed by atoms with van der Waals surface area (Å²) in [4.78, 5) is 41.5. The minimum Gasteiger partial charge on any atom is -0.481 e. The molecule has 0 radical (unpaired) electrons. The molecule has 268 valence electrons. The minimum absolute atomic E-state index is 0.0865. The molecule has 4 heterocycles. The summed E-state index contributed by atoms with van der Waals surface area (Å²) in [7, 11) is 0. The van der Waals surface area contributed by atoms with Crippen LogP contribution in [0, 0.1) is 27.8 Å². The molecule has 15 heteroatoms. The van der Waals surface area contributed by atoms with Crippen molar-refractivity contribution < 1.29 is 19.2 Å². The molecule has 3 aliphatic heterocycles. The molecule has 50 heavy (non-hydrogen) atoms. The Morgan fingerprint density at radius 3 is 2.02 bits per heavy atom. The molecule has 3 N–H and O–H groups in total. The highest BCUT2D eigenvalue weighted by atomic mass is 19.1. The van der Waals surface area contributed by atoms with Crippen LogP contribution in [0.3, 0.4) is 0 Å². The third-order valence-electron chi connectivity index (χ3n) is 9.30. The Morgan fingerprint density at radius 2 is 1.44 bits per heavy atom. The number of piperidine rings is 3. The summed E-state index contributed by atoms with van der Waals surface area (Å²) in [5, 5.41) is 27.4. The highest BCUT2D eigenvalue weighted by Gasteiger charge is 2.28. The Labute approximate surface area is 292 Å². The van der Waals surface area contributed by atoms with Crippen molar-refractivity contribution in [2.45, 2.75) is 65.7 Å². The normalized spacial score (nSPS) is 17.3. The quantitative estimate of drug-likeness (QED) is 0.124. The number of carbonyl (C=O) groups is 1. The number of anilines is 6. The van der Waals surface area contributed by atoms with E-state index < -0.39 is 5.97 Å². The number of nitrogens with one attached hydrogen (secondary N) is 2. The van der Waals surface area contributed by atoms with Gasteiger partial charge in [0.25, 0.3) is 11.7 Å². The summed E-state index contributed by atoms with van der Waals surface area (Å²) in [6.45, 7) is 10.7. The van der Waals surface area contributed by atoms with E-state index in [4.69, 9.17) is 9.90 Å². The molecule has 3 saturated heterocycles. The van der Waals surface area contributed by atoms with Crippen LogP contribution in [0.1, 0.15) is 71.3 Å². The van der Waals surface area contributed by atoms with Crippen LogP contribution in [-0.4, -0.2) is 76.4 Å². The average molecular weight is 691 g/mol. The van der Waals surface area contributed by atoms with E-state index in [-0.39, 0.29) is 22.4 Å². The topological polar surface area (TPSA) is 165 Å². The van der Waals surface area contributed by atoms with E-state index in [0.717, 1.165) is 96.8 Å². The number of carboxylic acid groups (broad SMARTS) is 1. The highest BCUT2D eigenvalue weighted by molar-refractivity contribution is 5.92. The predicted octanol–water partition coefficient (Wildman–Crippen LogP) is 6.66. The van der Waals surface area contributed by atoms with Gasteiger partial charge < -0.3 is 25.1 Å². The molecule has 0 atom stereocenters. The van der Waals surface area contributed by atoms with E-state index >= 15 is 0 Å². The third kappa shape index (κ3) is 9.98. The molecule has 0 bridgehead atoms. The molecule has 1 aromatic heterocycles. The summed E-state index contributed by atoms with van der Waals surface area (Å²) in [6, 6.07) is 9.63. The maximum Gasteiger partial charge on any atom is 0.300 e. The van der Waals surface area contributed by atoms with Crippen molar-refractivity contribution in [3.05, 3.63) is 57.9 Å². The number of nitro benzene ring substituents is 1. The molecular formula is C35H47FN10O4. The van der Waals surface area contributed by atoms with E-state index in [2.05, 4.69) is 59.3 Å². The maximum absolute atomic E-state index is 13.5. The van der Waals surface area contributed by atoms with Gasteiger partial charge in [-0.2, -0.15) is 20.1 Å². The second-order valence-corrected chi connectivity index (χ2v) is 13.3. The summed E-state index contributed by atoms with van der Waals surface area (Å²) < 4.78 is 13.5. The molecule has 3 fully saturated rings. The van der Waals surface area contributed by atoms with Crippen LogP contribution in [0.25, 0.3) is 0 Å². The van der Waals surface area contributed by atoms with E-state index in [1.54, 1.807) is 24.4 Å². The molecule has 0 amide bonds. The first kappa shape index (κ1) is 36.2. The van der Waals surface area contributed by atoms with E-state index in [1.807, 2.05) is 6.07 Å². The van der Waals surface area contributed by atoms with E-state index in [0.29, 0.717) is 40.7 Å². The Kier molecular flexibility index (Phi) is 12.3. The number of nitrogens with zero attached hydrogens (tertiary/aromatic N) is 8. The molecule has 0 saturated carbocycles. The van der Waals surface area contributed by atoms with Crippen LogP contribution in [0.4, 0.5) is 45.0 Å².